The summed E-state index contributed by atoms with van der Waals surface area (Å²) in [6, 6.07) is 0.596. The maximum absolute atomic E-state index is 5.57. The van der Waals surface area contributed by atoms with Gasteiger partial charge in [0.2, 0.25) is 10.3 Å². The topological polar surface area (TPSA) is 89.6 Å². The molecule has 2 heterocycles. The van der Waals surface area contributed by atoms with Gasteiger partial charge in [-0.2, -0.15) is 11.8 Å². The Morgan fingerprint density at radius 2 is 1.65 bits per heavy atom. The predicted molar refractivity (Wildman–Crippen MR) is 99.5 cm³/mol. The van der Waals surface area contributed by atoms with Gasteiger partial charge in [-0.25, -0.2) is 0 Å². The number of nitrogens with one attached hydrogen (secondary N) is 1. The third-order valence-electron chi connectivity index (χ3n) is 3.80. The van der Waals surface area contributed by atoms with Crippen LogP contribution in [0.1, 0.15) is 42.1 Å². The number of nitrogens with zero attached hydrogens (tertiary/aromatic N) is 4. The zero-order valence-electron chi connectivity index (χ0n) is 13.0. The molecule has 0 aliphatic heterocycles. The third-order valence-corrected chi connectivity index (χ3v) is 6.51. The van der Waals surface area contributed by atoms with Crippen LogP contribution in [0.4, 0.5) is 10.3 Å². The number of thioether (sulfide) groups is 1. The molecule has 0 unspecified atom stereocenters. The number of aryl methyl sites for hydroxylation is 2. The van der Waals surface area contributed by atoms with Gasteiger partial charge in [-0.15, -0.1) is 20.4 Å². The van der Waals surface area contributed by atoms with Crippen molar-refractivity contribution in [2.24, 2.45) is 0 Å². The lowest BCUT2D eigenvalue weighted by Gasteiger charge is -2.21. The summed E-state index contributed by atoms with van der Waals surface area (Å²) in [5.41, 5.74) is 5.57. The normalized spacial score (nSPS) is 15.8. The van der Waals surface area contributed by atoms with Crippen LogP contribution in [0.2, 0.25) is 0 Å². The first-order chi connectivity index (χ1) is 11.3. The van der Waals surface area contributed by atoms with Gasteiger partial charge < -0.3 is 11.1 Å². The number of nitrogen functional groups attached to an aromatic ring is 1. The van der Waals surface area contributed by atoms with Gasteiger partial charge in [-0.05, 0) is 24.3 Å². The van der Waals surface area contributed by atoms with Crippen LogP contribution in [0, 0.1) is 0 Å². The Morgan fingerprint density at radius 3 is 2.35 bits per heavy atom. The first kappa shape index (κ1) is 16.9. The molecule has 0 atom stereocenters. The van der Waals surface area contributed by atoms with Crippen LogP contribution in [0.25, 0.3) is 0 Å². The van der Waals surface area contributed by atoms with Crippen LogP contribution in [0.3, 0.4) is 0 Å². The van der Waals surface area contributed by atoms with Crippen LogP contribution in [-0.2, 0) is 12.8 Å². The number of rotatable bonds is 8. The lowest BCUT2D eigenvalue weighted by atomic mass is 9.96. The summed E-state index contributed by atoms with van der Waals surface area (Å²) in [6.45, 7) is 0. The molecule has 0 saturated heterocycles. The van der Waals surface area contributed by atoms with E-state index < -0.39 is 0 Å². The van der Waals surface area contributed by atoms with Gasteiger partial charge in [-0.3, -0.25) is 0 Å². The monoisotopic (exact) mass is 370 g/mol. The molecule has 126 valence electrons. The Kier molecular flexibility index (Phi) is 6.46. The maximum Gasteiger partial charge on any atom is 0.205 e. The lowest BCUT2D eigenvalue weighted by molar-refractivity contribution is 0.462. The van der Waals surface area contributed by atoms with Crippen LogP contribution in [-0.4, -0.2) is 37.9 Å². The number of aromatic nitrogens is 4. The highest BCUT2D eigenvalue weighted by Gasteiger charge is 2.15. The van der Waals surface area contributed by atoms with E-state index in [1.54, 1.807) is 11.3 Å². The van der Waals surface area contributed by atoms with Crippen molar-refractivity contribution in [1.29, 1.82) is 0 Å². The SMILES string of the molecule is Nc1nnc(CCSCCc2nnc(NC3CCCCC3)s2)s1. The van der Waals surface area contributed by atoms with Crippen molar-refractivity contribution >= 4 is 44.7 Å². The molecule has 23 heavy (non-hydrogen) atoms. The summed E-state index contributed by atoms with van der Waals surface area (Å²) in [5, 5.41) is 23.7. The minimum atomic E-state index is 0.553. The highest BCUT2D eigenvalue weighted by atomic mass is 32.2. The number of anilines is 2. The molecule has 3 N–H and O–H groups in total. The minimum absolute atomic E-state index is 0.553. The first-order valence-electron chi connectivity index (χ1n) is 8.04. The molecular weight excluding hydrogens is 348 g/mol. The van der Waals surface area contributed by atoms with Gasteiger partial charge in [-0.1, -0.05) is 41.9 Å². The van der Waals surface area contributed by atoms with E-state index in [9.17, 15) is 0 Å². The Labute approximate surface area is 148 Å². The molecule has 9 heteroatoms. The molecule has 1 saturated carbocycles. The van der Waals surface area contributed by atoms with Crippen molar-refractivity contribution in [3.8, 4) is 0 Å². The molecule has 1 aliphatic rings. The summed E-state index contributed by atoms with van der Waals surface area (Å²) >= 11 is 5.09. The Bertz CT molecular complexity index is 593. The molecule has 0 radical (unpaired) electrons. The molecule has 2 aromatic heterocycles. The van der Waals surface area contributed by atoms with Gasteiger partial charge in [0.05, 0.1) is 0 Å². The fourth-order valence-electron chi connectivity index (χ4n) is 2.62. The van der Waals surface area contributed by atoms with Crippen LogP contribution in [0.15, 0.2) is 0 Å². The largest absolute Gasteiger partial charge is 0.374 e. The zero-order chi connectivity index (χ0) is 15.9. The second kappa shape index (κ2) is 8.79. The van der Waals surface area contributed by atoms with E-state index >= 15 is 0 Å². The quantitative estimate of drug-likeness (QED) is 0.689. The number of hydrogen-bond donors (Lipinski definition) is 2. The van der Waals surface area contributed by atoms with Gasteiger partial charge >= 0.3 is 0 Å². The summed E-state index contributed by atoms with van der Waals surface area (Å²) in [4.78, 5) is 0. The molecule has 6 nitrogen and oxygen atoms in total. The summed E-state index contributed by atoms with van der Waals surface area (Å²) in [7, 11) is 0. The molecular formula is C14H22N6S3. The number of nitrogens with two attached hydrogens (primary N) is 1. The van der Waals surface area contributed by atoms with E-state index in [1.165, 1.54) is 43.4 Å². The number of hydrogen-bond acceptors (Lipinski definition) is 9. The lowest BCUT2D eigenvalue weighted by Crippen LogP contribution is -2.21. The van der Waals surface area contributed by atoms with E-state index in [4.69, 9.17) is 5.73 Å². The summed E-state index contributed by atoms with van der Waals surface area (Å²) in [5.74, 6) is 2.10. The third kappa shape index (κ3) is 5.58. The Hall–Kier alpha value is -0.930. The molecule has 0 amide bonds. The van der Waals surface area contributed by atoms with Crippen LogP contribution >= 0.6 is 34.4 Å². The minimum Gasteiger partial charge on any atom is -0.374 e. The van der Waals surface area contributed by atoms with Crippen molar-refractivity contribution < 1.29 is 0 Å². The van der Waals surface area contributed by atoms with E-state index in [0.717, 1.165) is 39.5 Å². The first-order valence-corrected chi connectivity index (χ1v) is 10.8. The molecule has 3 rings (SSSR count). The average molecular weight is 371 g/mol. The molecule has 1 aliphatic carbocycles. The maximum atomic E-state index is 5.57. The standard InChI is InChI=1S/C14H22N6S3/c15-13-19-17-11(22-13)6-8-21-9-7-12-18-20-14(23-12)16-10-4-2-1-3-5-10/h10H,1-9H2,(H2,15,19)(H,16,20). The van der Waals surface area contributed by atoms with Crippen molar-refractivity contribution in [2.45, 2.75) is 51.0 Å². The van der Waals surface area contributed by atoms with Crippen molar-refractivity contribution in [1.82, 2.24) is 20.4 Å². The second-order valence-electron chi connectivity index (χ2n) is 5.63. The fourth-order valence-corrected chi connectivity index (χ4v) is 5.19. The van der Waals surface area contributed by atoms with Gasteiger partial charge in [0, 0.05) is 18.9 Å². The zero-order valence-corrected chi connectivity index (χ0v) is 15.5. The molecule has 0 bridgehead atoms. The smallest absolute Gasteiger partial charge is 0.205 e. The highest BCUT2D eigenvalue weighted by Crippen LogP contribution is 2.24. The van der Waals surface area contributed by atoms with Crippen molar-refractivity contribution in [3.63, 3.8) is 0 Å². The van der Waals surface area contributed by atoms with Crippen molar-refractivity contribution in [3.05, 3.63) is 10.0 Å². The van der Waals surface area contributed by atoms with E-state index in [-0.39, 0.29) is 0 Å². The van der Waals surface area contributed by atoms with Crippen molar-refractivity contribution in [2.75, 3.05) is 22.6 Å². The Balaban J connectivity index is 1.32. The predicted octanol–water partition coefficient (Wildman–Crippen LogP) is 3.23. The second-order valence-corrected chi connectivity index (χ2v) is 9.01. The molecule has 0 aromatic carbocycles. The average Bonchev–Trinajstić information content (AvgIpc) is 3.17. The van der Waals surface area contributed by atoms with Gasteiger partial charge in [0.1, 0.15) is 10.0 Å². The summed E-state index contributed by atoms with van der Waals surface area (Å²) in [6.07, 6.45) is 8.49. The van der Waals surface area contributed by atoms with Crippen LogP contribution < -0.4 is 11.1 Å². The molecule has 0 spiro atoms. The molecule has 1 fully saturated rings. The van der Waals surface area contributed by atoms with E-state index in [0.29, 0.717) is 11.2 Å². The van der Waals surface area contributed by atoms with E-state index in [2.05, 4.69) is 25.7 Å². The summed E-state index contributed by atoms with van der Waals surface area (Å²) < 4.78 is 0. The van der Waals surface area contributed by atoms with Gasteiger partial charge in [0.25, 0.3) is 0 Å². The van der Waals surface area contributed by atoms with E-state index in [1.807, 2.05) is 11.8 Å². The Morgan fingerprint density at radius 1 is 0.957 bits per heavy atom. The van der Waals surface area contributed by atoms with Crippen LogP contribution in [0.5, 0.6) is 0 Å². The molecule has 2 aromatic rings. The fraction of sp³-hybridized carbons (Fsp3) is 0.714. The van der Waals surface area contributed by atoms with Gasteiger partial charge in [0.15, 0.2) is 0 Å². The highest BCUT2D eigenvalue weighted by molar-refractivity contribution is 7.99.